The number of thiophene rings is 4. The van der Waals surface area contributed by atoms with E-state index in [1.807, 2.05) is 45.3 Å². The molecular formula is C82H114N4S4Y2-2. The van der Waals surface area contributed by atoms with Gasteiger partial charge >= 0.3 is 0 Å². The van der Waals surface area contributed by atoms with Crippen LogP contribution in [-0.2, 0) is 76.2 Å². The Hall–Kier alpha value is -2.13. The zero-order valence-electron chi connectivity index (χ0n) is 62.6. The number of anilines is 2. The van der Waals surface area contributed by atoms with Crippen molar-refractivity contribution in [3.05, 3.63) is 148 Å². The van der Waals surface area contributed by atoms with Crippen LogP contribution in [0.15, 0.2) is 48.8 Å². The summed E-state index contributed by atoms with van der Waals surface area (Å²) in [5, 5.41) is 2.90. The first-order chi connectivity index (χ1) is 41.4. The van der Waals surface area contributed by atoms with E-state index in [4.69, 9.17) is 0 Å². The minimum absolute atomic E-state index is 0. The van der Waals surface area contributed by atoms with Crippen LogP contribution in [0.1, 0.15) is 249 Å². The second-order valence-corrected chi connectivity index (χ2v) is 38.9. The number of hydrogen-bond donors (Lipinski definition) is 0. The zero-order chi connectivity index (χ0) is 66.9. The standard InChI is InChI=1S/2C21H30NS.2C20H27NS.2Y/c1-11(2)17-14(5)22(21(7,8)9)16-10-12(3)20-18(19(16)17)13(4)15(6)23-20;1-11(2)17-14(5)22(21(7,8)9)16-10-12(3)18-13(4)15(6)23-20(18)19(16)17;1-10-9-15-20(16-11(2)14(5)22-18(10)16)12(3)17(20)13(4)21(15)19(6,7)8;1-10-9-15-20(18-16(10)11(2)14(5)22-18)12(3)17(20)13(4)21(15)19(6,7)8;;/h2*10-11,14,17H,3H2,1-2,4-9H3;2*9,12-13,17H,1H2,2-8H3;;/q2*-1;;;;. The van der Waals surface area contributed by atoms with Crippen LogP contribution >= 0.6 is 45.3 Å². The fourth-order valence-electron chi connectivity index (χ4n) is 20.5. The molecule has 2 spiro atoms. The molecule has 10 heteroatoms. The Bertz CT molecular complexity index is 4030. The maximum atomic E-state index is 4.41. The number of hydrogen-bond acceptors (Lipinski definition) is 8. The van der Waals surface area contributed by atoms with Crippen molar-refractivity contribution in [3.8, 4) is 0 Å². The molecule has 0 amide bonds. The first-order valence-electron chi connectivity index (χ1n) is 34.4. The molecule has 92 heavy (non-hydrogen) atoms. The van der Waals surface area contributed by atoms with E-state index in [0.29, 0.717) is 47.8 Å². The Kier molecular flexibility index (Phi) is 19.6. The molecule has 2 saturated carbocycles. The Morgan fingerprint density at radius 1 is 0.457 bits per heavy atom. The van der Waals surface area contributed by atoms with Crippen LogP contribution < -0.4 is 9.80 Å². The van der Waals surface area contributed by atoms with Crippen molar-refractivity contribution >= 4 is 88.0 Å². The fraction of sp³-hybridized carbons (Fsp3) is 0.585. The van der Waals surface area contributed by atoms with E-state index < -0.39 is 0 Å². The molecule has 12 unspecified atom stereocenters. The van der Waals surface area contributed by atoms with Gasteiger partial charge in [0.1, 0.15) is 0 Å². The third kappa shape index (κ3) is 10.6. The van der Waals surface area contributed by atoms with Gasteiger partial charge in [0.2, 0.25) is 0 Å². The number of piperidine rings is 2. The second kappa shape index (κ2) is 24.3. The minimum Gasteiger partial charge on any atom is -0.373 e. The zero-order valence-corrected chi connectivity index (χ0v) is 71.6. The van der Waals surface area contributed by atoms with Gasteiger partial charge in [-0.15, -0.1) is 40.2 Å². The van der Waals surface area contributed by atoms with Crippen molar-refractivity contribution in [2.75, 3.05) is 9.80 Å². The number of fused-ring (bicyclic) bond motifs is 8. The van der Waals surface area contributed by atoms with Gasteiger partial charge in [0, 0.05) is 160 Å². The largest absolute Gasteiger partial charge is 0.373 e. The summed E-state index contributed by atoms with van der Waals surface area (Å²) < 4.78 is 2.88. The number of likely N-dealkylation sites (tertiary alicyclic amines) is 2. The van der Waals surface area contributed by atoms with Crippen LogP contribution in [0.3, 0.4) is 0 Å². The Morgan fingerprint density at radius 2 is 0.848 bits per heavy atom. The van der Waals surface area contributed by atoms with Crippen molar-refractivity contribution in [1.29, 1.82) is 0 Å². The first-order valence-corrected chi connectivity index (χ1v) is 37.6. The molecule has 4 aliphatic carbocycles. The van der Waals surface area contributed by atoms with E-state index in [0.717, 1.165) is 23.7 Å². The van der Waals surface area contributed by atoms with Crippen LogP contribution in [0.25, 0.3) is 31.3 Å². The molecule has 4 nitrogen and oxygen atoms in total. The van der Waals surface area contributed by atoms with Gasteiger partial charge < -0.3 is 19.6 Å². The third-order valence-corrected chi connectivity index (χ3v) is 29.0. The molecule has 2 radical (unpaired) electrons. The molecule has 8 heterocycles. The average Bonchev–Trinajstić information content (AvgIpc) is 1.48. The summed E-state index contributed by atoms with van der Waals surface area (Å²) in [4.78, 5) is 19.5. The molecule has 4 aliphatic heterocycles. The fourth-order valence-corrected chi connectivity index (χ4v) is 25.6. The predicted molar refractivity (Wildman–Crippen MR) is 403 cm³/mol. The Morgan fingerprint density at radius 3 is 1.34 bits per heavy atom. The summed E-state index contributed by atoms with van der Waals surface area (Å²) >= 11 is 7.86. The van der Waals surface area contributed by atoms with E-state index in [-0.39, 0.29) is 98.4 Å². The van der Waals surface area contributed by atoms with Crippen LogP contribution in [0.5, 0.6) is 0 Å². The normalized spacial score (nSPS) is 28.0. The van der Waals surface area contributed by atoms with E-state index in [1.165, 1.54) is 106 Å². The molecule has 0 N–H and O–H groups in total. The quantitative estimate of drug-likeness (QED) is 0.160. The number of benzene rings is 2. The van der Waals surface area contributed by atoms with Gasteiger partial charge in [-0.3, -0.25) is 0 Å². The van der Waals surface area contributed by atoms with E-state index in [2.05, 4.69) is 279 Å². The molecular weight excluding hydrogens is 1350 g/mol. The minimum atomic E-state index is 0. The van der Waals surface area contributed by atoms with E-state index in [9.17, 15) is 0 Å². The topological polar surface area (TPSA) is 13.0 Å². The summed E-state index contributed by atoms with van der Waals surface area (Å²) in [7, 11) is 0. The summed E-state index contributed by atoms with van der Waals surface area (Å²) in [6.45, 7) is 87.8. The molecule has 12 atom stereocenters. The van der Waals surface area contributed by atoms with Crippen molar-refractivity contribution in [2.45, 2.75) is 277 Å². The number of allylic oxidation sites excluding steroid dienone is 6. The van der Waals surface area contributed by atoms with Gasteiger partial charge in [-0.05, 0) is 290 Å². The molecule has 6 aromatic rings. The molecule has 4 fully saturated rings. The number of rotatable bonds is 2. The molecule has 8 aliphatic rings. The second-order valence-electron chi connectivity index (χ2n) is 34.0. The van der Waals surface area contributed by atoms with E-state index >= 15 is 0 Å². The van der Waals surface area contributed by atoms with Crippen LogP contribution in [-0.4, -0.2) is 56.1 Å². The average molecular weight is 1460 g/mol. The number of aryl methyl sites for hydroxylation is 6. The summed E-state index contributed by atoms with van der Waals surface area (Å²) in [6, 6.07) is 6.97. The number of nitrogens with zero attached hydrogens (tertiary/aromatic N) is 4. The van der Waals surface area contributed by atoms with Crippen molar-refractivity contribution in [3.63, 3.8) is 0 Å². The molecule has 494 valence electrons. The summed E-state index contributed by atoms with van der Waals surface area (Å²) in [6.07, 6.45) is 4.82. The molecule has 0 bridgehead atoms. The Labute approximate surface area is 626 Å². The van der Waals surface area contributed by atoms with Crippen molar-refractivity contribution in [2.24, 2.45) is 35.5 Å². The van der Waals surface area contributed by atoms with Gasteiger partial charge in [0.15, 0.2) is 0 Å². The maximum absolute atomic E-state index is 4.41. The van der Waals surface area contributed by atoms with Crippen LogP contribution in [0, 0.1) is 105 Å². The van der Waals surface area contributed by atoms with Gasteiger partial charge in [0.05, 0.1) is 5.41 Å². The van der Waals surface area contributed by atoms with Gasteiger partial charge in [-0.25, -0.2) is 11.3 Å². The van der Waals surface area contributed by atoms with Crippen LogP contribution in [0.2, 0.25) is 0 Å². The first kappa shape index (κ1) is 74.1. The third-order valence-electron chi connectivity index (χ3n) is 23.8. The maximum Gasteiger partial charge on any atom is 0.0532 e. The molecule has 2 saturated heterocycles. The van der Waals surface area contributed by atoms with Crippen molar-refractivity contribution in [1.82, 2.24) is 9.80 Å². The molecule has 14 rings (SSSR count). The SMILES string of the molecule is C=C1C=C2N(C(C)(C)C)C(C)C3C(C)C23c2c1sc(C)c2C.C=C1C=C2N(C(C)(C)C)C(C)C3C(C)C23c2sc(C)c(C)c21.[CH2-]c1cc2c(c3c(C)c(C)sc13)C(C(C)C)C(C)N2C(C)(C)C.[CH2-]c1cc2c(c3sc(C)c(C)c13)C(C(C)C)C(C)N2C(C)(C)C.[Y].[Y]. The van der Waals surface area contributed by atoms with Gasteiger partial charge in [0.25, 0.3) is 0 Å². The summed E-state index contributed by atoms with van der Waals surface area (Å²) in [5.74, 6) is 5.49. The smallest absolute Gasteiger partial charge is 0.0532 e. The summed E-state index contributed by atoms with van der Waals surface area (Å²) in [5.41, 5.74) is 24.0. The Balaban J connectivity index is 0.000000144. The van der Waals surface area contributed by atoms with E-state index in [1.54, 1.807) is 33.0 Å². The van der Waals surface area contributed by atoms with Gasteiger partial charge in [-0.2, -0.15) is 36.3 Å². The molecule has 4 aromatic heterocycles. The predicted octanol–water partition coefficient (Wildman–Crippen LogP) is 23.5. The monoisotopic (exact) mass is 1460 g/mol. The van der Waals surface area contributed by atoms with Gasteiger partial charge in [-0.1, -0.05) is 70.3 Å². The molecule has 2 aromatic carbocycles. The van der Waals surface area contributed by atoms with Crippen molar-refractivity contribution < 1.29 is 65.4 Å². The van der Waals surface area contributed by atoms with Crippen LogP contribution in [0.4, 0.5) is 11.4 Å².